The summed E-state index contributed by atoms with van der Waals surface area (Å²) in [5.41, 5.74) is 0.604. The van der Waals surface area contributed by atoms with Crippen LogP contribution >= 0.6 is 23.4 Å². The van der Waals surface area contributed by atoms with Crippen molar-refractivity contribution in [1.82, 2.24) is 5.32 Å². The molecule has 1 amide bonds. The Hall–Kier alpha value is -2.49. The van der Waals surface area contributed by atoms with Gasteiger partial charge in [0.15, 0.2) is 16.7 Å². The molecule has 0 spiro atoms. The maximum atomic E-state index is 12.5. The summed E-state index contributed by atoms with van der Waals surface area (Å²) in [6.45, 7) is 2.04. The quantitative estimate of drug-likeness (QED) is 0.526. The first kappa shape index (κ1) is 20.2. The number of nitrogens with one attached hydrogen (secondary N) is 2. The molecule has 0 atom stereocenters. The van der Waals surface area contributed by atoms with Crippen LogP contribution in [0.15, 0.2) is 52.3 Å². The van der Waals surface area contributed by atoms with Gasteiger partial charge >= 0.3 is 10.1 Å². The molecule has 28 heavy (non-hydrogen) atoms. The highest BCUT2D eigenvalue weighted by molar-refractivity contribution is 8.18. The fourth-order valence-electron chi connectivity index (χ4n) is 2.31. The van der Waals surface area contributed by atoms with Crippen LogP contribution in [0.1, 0.15) is 12.5 Å². The van der Waals surface area contributed by atoms with E-state index in [1.54, 1.807) is 25.1 Å². The van der Waals surface area contributed by atoms with E-state index >= 15 is 0 Å². The Balaban J connectivity index is 1.91. The number of amidine groups is 1. The van der Waals surface area contributed by atoms with E-state index in [0.29, 0.717) is 15.5 Å². The Labute approximate surface area is 171 Å². The van der Waals surface area contributed by atoms with Crippen molar-refractivity contribution in [2.24, 2.45) is 0 Å². The zero-order valence-electron chi connectivity index (χ0n) is 14.6. The van der Waals surface area contributed by atoms with Crippen LogP contribution in [0, 0.1) is 5.41 Å². The molecule has 1 saturated heterocycles. The molecule has 0 saturated carbocycles. The van der Waals surface area contributed by atoms with Crippen molar-refractivity contribution in [3.8, 4) is 11.5 Å². The highest BCUT2D eigenvalue weighted by Crippen LogP contribution is 2.33. The van der Waals surface area contributed by atoms with E-state index in [2.05, 4.69) is 5.32 Å². The minimum Gasteiger partial charge on any atom is -0.490 e. The van der Waals surface area contributed by atoms with Crippen LogP contribution in [0.3, 0.4) is 0 Å². The molecule has 3 rings (SSSR count). The van der Waals surface area contributed by atoms with Crippen molar-refractivity contribution in [2.45, 2.75) is 11.8 Å². The molecule has 0 bridgehead atoms. The largest absolute Gasteiger partial charge is 0.490 e. The molecular weight excluding hydrogens is 424 g/mol. The van der Waals surface area contributed by atoms with E-state index in [1.165, 1.54) is 30.3 Å². The molecular formula is C18H15ClN2O5S2. The van der Waals surface area contributed by atoms with E-state index in [4.69, 9.17) is 25.9 Å². The Morgan fingerprint density at radius 1 is 1.18 bits per heavy atom. The number of thioether (sulfide) groups is 1. The normalized spacial score (nSPS) is 15.6. The van der Waals surface area contributed by atoms with Crippen molar-refractivity contribution in [2.75, 3.05) is 6.61 Å². The van der Waals surface area contributed by atoms with Gasteiger partial charge in [-0.1, -0.05) is 17.7 Å². The second-order valence-corrected chi connectivity index (χ2v) is 8.56. The van der Waals surface area contributed by atoms with Crippen LogP contribution in [0.2, 0.25) is 5.02 Å². The monoisotopic (exact) mass is 438 g/mol. The van der Waals surface area contributed by atoms with Crippen LogP contribution in [0.4, 0.5) is 0 Å². The van der Waals surface area contributed by atoms with E-state index in [0.717, 1.165) is 11.8 Å². The van der Waals surface area contributed by atoms with Crippen molar-refractivity contribution < 1.29 is 22.1 Å². The maximum absolute atomic E-state index is 12.5. The molecule has 2 aromatic carbocycles. The molecule has 2 N–H and O–H groups in total. The first-order valence-corrected chi connectivity index (χ1v) is 10.6. The second kappa shape index (κ2) is 8.26. The van der Waals surface area contributed by atoms with Gasteiger partial charge in [0, 0.05) is 5.02 Å². The number of halogens is 1. The van der Waals surface area contributed by atoms with Gasteiger partial charge in [-0.15, -0.1) is 0 Å². The van der Waals surface area contributed by atoms with Gasteiger partial charge in [-0.05, 0) is 66.7 Å². The van der Waals surface area contributed by atoms with E-state index in [-0.39, 0.29) is 34.1 Å². The smallest absolute Gasteiger partial charge is 0.339 e. The molecule has 10 heteroatoms. The second-order valence-electron chi connectivity index (χ2n) is 5.52. The molecule has 1 aliphatic heterocycles. The molecule has 0 aromatic heterocycles. The van der Waals surface area contributed by atoms with Crippen LogP contribution in [-0.2, 0) is 14.9 Å². The molecule has 1 heterocycles. The number of rotatable bonds is 6. The molecule has 0 unspecified atom stereocenters. The average molecular weight is 439 g/mol. The molecule has 0 aliphatic carbocycles. The lowest BCUT2D eigenvalue weighted by atomic mass is 10.2. The van der Waals surface area contributed by atoms with E-state index in [1.807, 2.05) is 0 Å². The first-order chi connectivity index (χ1) is 13.3. The van der Waals surface area contributed by atoms with Crippen molar-refractivity contribution >= 4 is 50.6 Å². The summed E-state index contributed by atoms with van der Waals surface area (Å²) in [7, 11) is -4.07. The lowest BCUT2D eigenvalue weighted by molar-refractivity contribution is -0.115. The van der Waals surface area contributed by atoms with Crippen LogP contribution in [0.5, 0.6) is 11.5 Å². The zero-order chi connectivity index (χ0) is 20.3. The predicted molar refractivity (Wildman–Crippen MR) is 108 cm³/mol. The molecule has 7 nitrogen and oxygen atoms in total. The number of hydrogen-bond donors (Lipinski definition) is 2. The van der Waals surface area contributed by atoms with Gasteiger partial charge in [-0.3, -0.25) is 10.2 Å². The Morgan fingerprint density at radius 3 is 2.50 bits per heavy atom. The highest BCUT2D eigenvalue weighted by Gasteiger charge is 2.23. The molecule has 146 valence electrons. The lowest BCUT2D eigenvalue weighted by Gasteiger charge is -2.12. The molecule has 0 radical (unpaired) electrons. The van der Waals surface area contributed by atoms with Crippen molar-refractivity contribution in [3.05, 3.63) is 58.0 Å². The third kappa shape index (κ3) is 4.67. The van der Waals surface area contributed by atoms with Gasteiger partial charge in [0.1, 0.15) is 4.90 Å². The average Bonchev–Trinajstić information content (AvgIpc) is 2.95. The molecule has 2 aromatic rings. The number of carbonyl (C=O) groups excluding carboxylic acids is 1. The van der Waals surface area contributed by atoms with E-state index < -0.39 is 10.1 Å². The number of carbonyl (C=O) groups is 1. The van der Waals surface area contributed by atoms with Crippen LogP contribution < -0.4 is 14.2 Å². The van der Waals surface area contributed by atoms with E-state index in [9.17, 15) is 13.2 Å². The van der Waals surface area contributed by atoms with Gasteiger partial charge < -0.3 is 14.2 Å². The van der Waals surface area contributed by atoms with Gasteiger partial charge in [0.05, 0.1) is 11.5 Å². The van der Waals surface area contributed by atoms with Gasteiger partial charge in [-0.25, -0.2) is 0 Å². The fourth-order valence-corrected chi connectivity index (χ4v) is 4.08. The summed E-state index contributed by atoms with van der Waals surface area (Å²) in [5, 5.41) is 10.3. The maximum Gasteiger partial charge on any atom is 0.339 e. The summed E-state index contributed by atoms with van der Waals surface area (Å²) in [4.78, 5) is 12.1. The Bertz CT molecular complexity index is 1070. The van der Waals surface area contributed by atoms with Crippen molar-refractivity contribution in [3.63, 3.8) is 0 Å². The van der Waals surface area contributed by atoms with Crippen LogP contribution in [0.25, 0.3) is 6.08 Å². The summed E-state index contributed by atoms with van der Waals surface area (Å²) < 4.78 is 35.7. The minimum atomic E-state index is -4.07. The summed E-state index contributed by atoms with van der Waals surface area (Å²) in [6, 6.07) is 10.2. The zero-order valence-corrected chi connectivity index (χ0v) is 17.0. The van der Waals surface area contributed by atoms with Gasteiger partial charge in [-0.2, -0.15) is 8.42 Å². The minimum absolute atomic E-state index is 0.0234. The van der Waals surface area contributed by atoms with Crippen molar-refractivity contribution in [1.29, 1.82) is 5.41 Å². The predicted octanol–water partition coefficient (Wildman–Crippen LogP) is 3.65. The molecule has 1 aliphatic rings. The highest BCUT2D eigenvalue weighted by atomic mass is 35.5. The SMILES string of the molecule is CCOc1cc(C=C2SC(=N)NC2=O)ccc1OS(=O)(=O)c1ccc(Cl)cc1. The third-order valence-electron chi connectivity index (χ3n) is 3.53. The van der Waals surface area contributed by atoms with Gasteiger partial charge in [0.2, 0.25) is 0 Å². The standard InChI is InChI=1S/C18H15ClN2O5S2/c1-2-25-15-9-11(10-16-17(22)21-18(20)27-16)3-8-14(15)26-28(23,24)13-6-4-12(19)5-7-13/h3-10H,2H2,1H3,(H2,20,21,22). The Kier molecular flexibility index (Phi) is 5.97. The number of benzene rings is 2. The fraction of sp³-hybridized carbons (Fsp3) is 0.111. The molecule has 1 fully saturated rings. The lowest BCUT2D eigenvalue weighted by Crippen LogP contribution is -2.18. The van der Waals surface area contributed by atoms with Gasteiger partial charge in [0.25, 0.3) is 5.91 Å². The number of amides is 1. The first-order valence-electron chi connectivity index (χ1n) is 8.05. The number of hydrogen-bond acceptors (Lipinski definition) is 7. The summed E-state index contributed by atoms with van der Waals surface area (Å²) >= 11 is 6.80. The van der Waals surface area contributed by atoms with Crippen LogP contribution in [-0.4, -0.2) is 26.1 Å². The Morgan fingerprint density at radius 2 is 1.89 bits per heavy atom. The number of ether oxygens (including phenoxy) is 1. The summed E-state index contributed by atoms with van der Waals surface area (Å²) in [5.74, 6) is -0.123. The summed E-state index contributed by atoms with van der Waals surface area (Å²) in [6.07, 6.45) is 1.58. The topological polar surface area (TPSA) is 106 Å². The third-order valence-corrected chi connectivity index (χ3v) is 5.86.